The molecule has 1 amide bonds. The normalized spacial score (nSPS) is 14.9. The van der Waals surface area contributed by atoms with Crippen molar-refractivity contribution in [2.24, 2.45) is 5.92 Å². The molecule has 150 valence electrons. The third-order valence-electron chi connectivity index (χ3n) is 5.45. The van der Waals surface area contributed by atoms with Crippen molar-refractivity contribution in [1.82, 2.24) is 20.0 Å². The van der Waals surface area contributed by atoms with Gasteiger partial charge in [0.25, 0.3) is 11.8 Å². The van der Waals surface area contributed by atoms with Crippen LogP contribution in [0.1, 0.15) is 41.1 Å². The van der Waals surface area contributed by atoms with Crippen molar-refractivity contribution in [3.05, 3.63) is 65.5 Å². The first-order valence-corrected chi connectivity index (χ1v) is 9.89. The fraction of sp³-hybridized carbons (Fsp3) is 0.364. The van der Waals surface area contributed by atoms with Gasteiger partial charge in [0.15, 0.2) is 5.82 Å². The first-order chi connectivity index (χ1) is 14.1. The third-order valence-corrected chi connectivity index (χ3v) is 5.45. The van der Waals surface area contributed by atoms with E-state index in [2.05, 4.69) is 15.1 Å². The smallest absolute Gasteiger partial charge is 0.272 e. The van der Waals surface area contributed by atoms with Crippen LogP contribution in [-0.2, 0) is 6.42 Å². The van der Waals surface area contributed by atoms with Gasteiger partial charge in [-0.1, -0.05) is 11.2 Å². The Kier molecular flexibility index (Phi) is 5.64. The average molecular weight is 394 g/mol. The number of aromatic nitrogens is 3. The highest BCUT2D eigenvalue weighted by Gasteiger charge is 2.25. The molecule has 3 heterocycles. The van der Waals surface area contributed by atoms with Crippen molar-refractivity contribution in [1.29, 1.82) is 0 Å². The van der Waals surface area contributed by atoms with E-state index in [4.69, 9.17) is 4.52 Å². The van der Waals surface area contributed by atoms with Gasteiger partial charge in [-0.2, -0.15) is 4.98 Å². The van der Waals surface area contributed by atoms with Crippen LogP contribution in [-0.4, -0.2) is 39.0 Å². The van der Waals surface area contributed by atoms with Crippen molar-refractivity contribution in [2.45, 2.75) is 32.6 Å². The lowest BCUT2D eigenvalue weighted by atomic mass is 9.92. The van der Waals surface area contributed by atoms with E-state index in [1.165, 1.54) is 12.1 Å². The monoisotopic (exact) mass is 394 g/mol. The number of carbonyl (C=O) groups excluding carboxylic acids is 1. The molecule has 0 saturated carbocycles. The summed E-state index contributed by atoms with van der Waals surface area (Å²) in [5, 5.41) is 4.04. The summed E-state index contributed by atoms with van der Waals surface area (Å²) in [5.41, 5.74) is 2.17. The molecule has 4 rings (SSSR count). The Morgan fingerprint density at radius 2 is 1.97 bits per heavy atom. The molecule has 0 bridgehead atoms. The molecule has 7 heteroatoms. The maximum Gasteiger partial charge on any atom is 0.272 e. The number of halogens is 1. The first-order valence-electron chi connectivity index (χ1n) is 9.89. The molecule has 3 aromatic rings. The standard InChI is InChI=1S/C22H23FN4O2/c1-15-3-2-12-24-20(15)22(28)27-13-10-16(11-14-27)4-9-19-25-21(29-26-19)17-5-7-18(23)8-6-17/h2-3,5-8,12,16H,4,9-11,13-14H2,1H3. The second kappa shape index (κ2) is 8.51. The summed E-state index contributed by atoms with van der Waals surface area (Å²) < 4.78 is 18.3. The summed E-state index contributed by atoms with van der Waals surface area (Å²) in [7, 11) is 0. The van der Waals surface area contributed by atoms with Crippen LogP contribution in [0.25, 0.3) is 11.5 Å². The van der Waals surface area contributed by atoms with Crippen LogP contribution >= 0.6 is 0 Å². The summed E-state index contributed by atoms with van der Waals surface area (Å²) >= 11 is 0. The number of amides is 1. The molecule has 0 radical (unpaired) electrons. The summed E-state index contributed by atoms with van der Waals surface area (Å²) in [6.45, 7) is 3.40. The topological polar surface area (TPSA) is 72.1 Å². The minimum atomic E-state index is -0.295. The molecule has 1 saturated heterocycles. The fourth-order valence-corrected chi connectivity index (χ4v) is 3.68. The minimum absolute atomic E-state index is 0.0173. The van der Waals surface area contributed by atoms with Gasteiger partial charge in [0.2, 0.25) is 0 Å². The summed E-state index contributed by atoms with van der Waals surface area (Å²) in [5.74, 6) is 1.31. The zero-order chi connectivity index (χ0) is 20.2. The Morgan fingerprint density at radius 3 is 2.69 bits per heavy atom. The lowest BCUT2D eigenvalue weighted by Gasteiger charge is -2.32. The molecule has 29 heavy (non-hydrogen) atoms. The van der Waals surface area contributed by atoms with Gasteiger partial charge < -0.3 is 9.42 Å². The number of pyridine rings is 1. The number of hydrogen-bond acceptors (Lipinski definition) is 5. The van der Waals surface area contributed by atoms with Gasteiger partial charge in [-0.15, -0.1) is 0 Å². The van der Waals surface area contributed by atoms with Gasteiger partial charge in [-0.3, -0.25) is 9.78 Å². The van der Waals surface area contributed by atoms with E-state index in [0.29, 0.717) is 28.9 Å². The maximum atomic E-state index is 13.0. The van der Waals surface area contributed by atoms with E-state index >= 15 is 0 Å². The molecule has 1 aromatic carbocycles. The van der Waals surface area contributed by atoms with Crippen LogP contribution in [0.5, 0.6) is 0 Å². The van der Waals surface area contributed by atoms with Crippen LogP contribution < -0.4 is 0 Å². The minimum Gasteiger partial charge on any atom is -0.337 e. The lowest BCUT2D eigenvalue weighted by molar-refractivity contribution is 0.0680. The van der Waals surface area contributed by atoms with Crippen molar-refractivity contribution in [2.75, 3.05) is 13.1 Å². The van der Waals surface area contributed by atoms with Gasteiger partial charge in [0.05, 0.1) is 0 Å². The Labute approximate surface area is 168 Å². The largest absolute Gasteiger partial charge is 0.337 e. The molecule has 0 unspecified atom stereocenters. The van der Waals surface area contributed by atoms with Crippen LogP contribution in [0.4, 0.5) is 4.39 Å². The van der Waals surface area contributed by atoms with E-state index in [0.717, 1.165) is 44.3 Å². The molecule has 6 nitrogen and oxygen atoms in total. The Balaban J connectivity index is 1.28. The Hall–Kier alpha value is -3.09. The zero-order valence-electron chi connectivity index (χ0n) is 16.3. The SMILES string of the molecule is Cc1cccnc1C(=O)N1CCC(CCc2noc(-c3ccc(F)cc3)n2)CC1. The molecule has 0 aliphatic carbocycles. The summed E-state index contributed by atoms with van der Waals surface area (Å²) in [6.07, 6.45) is 5.26. The molecular weight excluding hydrogens is 371 g/mol. The predicted molar refractivity (Wildman–Crippen MR) is 106 cm³/mol. The highest BCUT2D eigenvalue weighted by Crippen LogP contribution is 2.24. The molecule has 2 aromatic heterocycles. The summed E-state index contributed by atoms with van der Waals surface area (Å²) in [6, 6.07) is 9.77. The van der Waals surface area contributed by atoms with Gasteiger partial charge in [-0.25, -0.2) is 4.39 Å². The lowest BCUT2D eigenvalue weighted by Crippen LogP contribution is -2.39. The number of aryl methyl sites for hydroxylation is 2. The van der Waals surface area contributed by atoms with E-state index < -0.39 is 0 Å². The molecule has 0 atom stereocenters. The molecule has 0 spiro atoms. The van der Waals surface area contributed by atoms with Gasteiger partial charge in [-0.05, 0) is 68.0 Å². The van der Waals surface area contributed by atoms with Crippen LogP contribution in [0.2, 0.25) is 0 Å². The molecule has 1 aliphatic rings. The molecule has 1 fully saturated rings. The fourth-order valence-electron chi connectivity index (χ4n) is 3.68. The number of hydrogen-bond donors (Lipinski definition) is 0. The highest BCUT2D eigenvalue weighted by molar-refractivity contribution is 5.93. The Morgan fingerprint density at radius 1 is 1.21 bits per heavy atom. The second-order valence-electron chi connectivity index (χ2n) is 7.47. The molecular formula is C22H23FN4O2. The van der Waals surface area contributed by atoms with Crippen molar-refractivity contribution < 1.29 is 13.7 Å². The maximum absolute atomic E-state index is 13.0. The number of benzene rings is 1. The number of carbonyl (C=O) groups is 1. The summed E-state index contributed by atoms with van der Waals surface area (Å²) in [4.78, 5) is 23.2. The average Bonchev–Trinajstić information content (AvgIpc) is 3.22. The van der Waals surface area contributed by atoms with E-state index in [9.17, 15) is 9.18 Å². The zero-order valence-corrected chi connectivity index (χ0v) is 16.3. The van der Waals surface area contributed by atoms with Crippen molar-refractivity contribution in [3.8, 4) is 11.5 Å². The number of likely N-dealkylation sites (tertiary alicyclic amines) is 1. The number of piperidine rings is 1. The first kappa shape index (κ1) is 19.2. The van der Waals surface area contributed by atoms with E-state index in [-0.39, 0.29) is 11.7 Å². The third kappa shape index (κ3) is 4.50. The van der Waals surface area contributed by atoms with Gasteiger partial charge in [0, 0.05) is 31.3 Å². The molecule has 1 aliphatic heterocycles. The number of rotatable bonds is 5. The van der Waals surface area contributed by atoms with Crippen LogP contribution in [0, 0.1) is 18.7 Å². The highest BCUT2D eigenvalue weighted by atomic mass is 19.1. The quantitative estimate of drug-likeness (QED) is 0.652. The van der Waals surface area contributed by atoms with Crippen molar-refractivity contribution in [3.63, 3.8) is 0 Å². The Bertz CT molecular complexity index is 978. The predicted octanol–water partition coefficient (Wildman–Crippen LogP) is 4.06. The van der Waals surface area contributed by atoms with Crippen LogP contribution in [0.3, 0.4) is 0 Å². The van der Waals surface area contributed by atoms with E-state index in [1.807, 2.05) is 24.0 Å². The van der Waals surface area contributed by atoms with Gasteiger partial charge in [0.1, 0.15) is 11.5 Å². The van der Waals surface area contributed by atoms with Gasteiger partial charge >= 0.3 is 0 Å². The van der Waals surface area contributed by atoms with E-state index in [1.54, 1.807) is 18.3 Å². The second-order valence-corrected chi connectivity index (χ2v) is 7.47. The van der Waals surface area contributed by atoms with Crippen LogP contribution in [0.15, 0.2) is 47.1 Å². The van der Waals surface area contributed by atoms with Crippen molar-refractivity contribution >= 4 is 5.91 Å². The number of nitrogens with zero attached hydrogens (tertiary/aromatic N) is 4. The molecule has 0 N–H and O–H groups in total.